The van der Waals surface area contributed by atoms with Crippen molar-refractivity contribution >= 4 is 28.7 Å². The average molecular weight is 411 g/mol. The number of benzene rings is 1. The molecular weight excluding hydrogens is 384 g/mol. The van der Waals surface area contributed by atoms with Crippen molar-refractivity contribution in [2.75, 3.05) is 20.2 Å². The van der Waals surface area contributed by atoms with Gasteiger partial charge in [-0.15, -0.1) is 11.3 Å². The molecule has 0 N–H and O–H groups in total. The van der Waals surface area contributed by atoms with Gasteiger partial charge in [0.15, 0.2) is 0 Å². The van der Waals surface area contributed by atoms with Crippen molar-refractivity contribution in [3.05, 3.63) is 57.9 Å². The van der Waals surface area contributed by atoms with Crippen molar-refractivity contribution < 1.29 is 14.3 Å². The minimum Gasteiger partial charge on any atom is -0.496 e. The number of nitrogens with zero attached hydrogens (tertiary/aromatic N) is 2. The summed E-state index contributed by atoms with van der Waals surface area (Å²) < 4.78 is 5.43. The number of thiophene rings is 1. The highest BCUT2D eigenvalue weighted by atomic mass is 32.1. The van der Waals surface area contributed by atoms with Gasteiger partial charge in [-0.25, -0.2) is 0 Å². The zero-order valence-corrected chi connectivity index (χ0v) is 17.9. The standard InChI is InChI=1S/C23H26N2O3S/c1-15-11-16(2)13-24(12-15)21-20(19-9-6-10-29-19)22(26)25(23(21)27)14-17-7-4-5-8-18(17)28-3/h4-10,15-16H,11-14H2,1-3H3. The summed E-state index contributed by atoms with van der Waals surface area (Å²) in [4.78, 5) is 31.3. The quantitative estimate of drug-likeness (QED) is 0.699. The van der Waals surface area contributed by atoms with Crippen LogP contribution in [-0.4, -0.2) is 41.8 Å². The van der Waals surface area contributed by atoms with Gasteiger partial charge in [0.25, 0.3) is 11.8 Å². The SMILES string of the molecule is COc1ccccc1CN1C(=O)C(c2cccs2)=C(N2CC(C)CC(C)C2)C1=O. The normalized spacial score (nSPS) is 22.6. The fraction of sp³-hybridized carbons (Fsp3) is 0.391. The van der Waals surface area contributed by atoms with Crippen LogP contribution >= 0.6 is 11.3 Å². The molecular formula is C23H26N2O3S. The summed E-state index contributed by atoms with van der Waals surface area (Å²) >= 11 is 1.50. The van der Waals surface area contributed by atoms with E-state index in [0.717, 1.165) is 30.0 Å². The maximum absolute atomic E-state index is 13.5. The van der Waals surface area contributed by atoms with Crippen LogP contribution in [0.25, 0.3) is 5.57 Å². The van der Waals surface area contributed by atoms with Gasteiger partial charge in [0.2, 0.25) is 0 Å². The van der Waals surface area contributed by atoms with Crippen LogP contribution in [0.5, 0.6) is 5.75 Å². The largest absolute Gasteiger partial charge is 0.496 e. The molecule has 1 aromatic heterocycles. The number of rotatable bonds is 5. The van der Waals surface area contributed by atoms with Crippen molar-refractivity contribution in [1.82, 2.24) is 9.80 Å². The first-order valence-corrected chi connectivity index (χ1v) is 10.9. The molecule has 5 nitrogen and oxygen atoms in total. The zero-order valence-electron chi connectivity index (χ0n) is 17.1. The summed E-state index contributed by atoms with van der Waals surface area (Å²) in [5.41, 5.74) is 1.93. The smallest absolute Gasteiger partial charge is 0.278 e. The predicted molar refractivity (Wildman–Crippen MR) is 114 cm³/mol. The lowest BCUT2D eigenvalue weighted by atomic mass is 9.91. The molecule has 2 unspecified atom stereocenters. The van der Waals surface area contributed by atoms with Crippen molar-refractivity contribution in [3.63, 3.8) is 0 Å². The first-order chi connectivity index (χ1) is 14.0. The second kappa shape index (κ2) is 8.03. The Morgan fingerprint density at radius 2 is 1.76 bits per heavy atom. The number of piperidine rings is 1. The first kappa shape index (κ1) is 19.7. The van der Waals surface area contributed by atoms with Crippen molar-refractivity contribution in [3.8, 4) is 5.75 Å². The lowest BCUT2D eigenvalue weighted by molar-refractivity contribution is -0.138. The summed E-state index contributed by atoms with van der Waals surface area (Å²) in [6.45, 7) is 6.23. The second-order valence-electron chi connectivity index (χ2n) is 8.06. The third kappa shape index (κ3) is 3.69. The third-order valence-corrected chi connectivity index (χ3v) is 6.50. The van der Waals surface area contributed by atoms with Crippen LogP contribution < -0.4 is 4.74 Å². The van der Waals surface area contributed by atoms with E-state index in [2.05, 4.69) is 18.7 Å². The fourth-order valence-corrected chi connectivity index (χ4v) is 5.26. The molecule has 0 spiro atoms. The molecule has 152 valence electrons. The molecule has 4 rings (SSSR count). The van der Waals surface area contributed by atoms with Crippen LogP contribution in [0.3, 0.4) is 0 Å². The molecule has 1 fully saturated rings. The van der Waals surface area contributed by atoms with E-state index in [4.69, 9.17) is 4.74 Å². The Morgan fingerprint density at radius 3 is 2.41 bits per heavy atom. The molecule has 1 aromatic carbocycles. The fourth-order valence-electron chi connectivity index (χ4n) is 4.49. The van der Waals surface area contributed by atoms with Crippen LogP contribution in [-0.2, 0) is 16.1 Å². The Kier molecular flexibility index (Phi) is 5.46. The summed E-state index contributed by atoms with van der Waals surface area (Å²) in [6.07, 6.45) is 1.14. The molecule has 29 heavy (non-hydrogen) atoms. The molecule has 0 radical (unpaired) electrons. The molecule has 0 bridgehead atoms. The van der Waals surface area contributed by atoms with E-state index >= 15 is 0 Å². The van der Waals surface area contributed by atoms with Crippen LogP contribution in [0.1, 0.15) is 30.7 Å². The van der Waals surface area contributed by atoms with Gasteiger partial charge >= 0.3 is 0 Å². The highest BCUT2D eigenvalue weighted by Crippen LogP contribution is 2.37. The number of para-hydroxylation sites is 1. The van der Waals surface area contributed by atoms with Gasteiger partial charge in [-0.3, -0.25) is 14.5 Å². The molecule has 1 saturated heterocycles. The number of amides is 2. The molecule has 0 aliphatic carbocycles. The highest BCUT2D eigenvalue weighted by Gasteiger charge is 2.43. The van der Waals surface area contributed by atoms with E-state index in [0.29, 0.717) is 28.9 Å². The number of carbonyl (C=O) groups is 2. The number of methoxy groups -OCH3 is 1. The maximum Gasteiger partial charge on any atom is 0.278 e. The van der Waals surface area contributed by atoms with E-state index < -0.39 is 0 Å². The van der Waals surface area contributed by atoms with Gasteiger partial charge < -0.3 is 9.64 Å². The Balaban J connectivity index is 1.72. The number of carbonyl (C=O) groups excluding carboxylic acids is 2. The molecule has 2 aliphatic rings. The Bertz CT molecular complexity index is 941. The van der Waals surface area contributed by atoms with Gasteiger partial charge in [0.05, 0.1) is 19.2 Å². The molecule has 3 heterocycles. The Morgan fingerprint density at radius 1 is 1.03 bits per heavy atom. The van der Waals surface area contributed by atoms with Crippen LogP contribution in [0.15, 0.2) is 47.5 Å². The van der Waals surface area contributed by atoms with Crippen LogP contribution in [0.4, 0.5) is 0 Å². The highest BCUT2D eigenvalue weighted by molar-refractivity contribution is 7.11. The summed E-state index contributed by atoms with van der Waals surface area (Å²) in [6, 6.07) is 11.4. The second-order valence-corrected chi connectivity index (χ2v) is 9.01. The lowest BCUT2D eigenvalue weighted by Crippen LogP contribution is -2.41. The molecule has 6 heteroatoms. The van der Waals surface area contributed by atoms with E-state index in [-0.39, 0.29) is 18.4 Å². The van der Waals surface area contributed by atoms with Crippen LogP contribution in [0, 0.1) is 11.8 Å². The van der Waals surface area contributed by atoms with Gasteiger partial charge in [0.1, 0.15) is 11.4 Å². The number of likely N-dealkylation sites (tertiary alicyclic amines) is 1. The van der Waals surface area contributed by atoms with Gasteiger partial charge in [-0.2, -0.15) is 0 Å². The Hall–Kier alpha value is -2.60. The van der Waals surface area contributed by atoms with Crippen molar-refractivity contribution in [2.24, 2.45) is 11.8 Å². The summed E-state index contributed by atoms with van der Waals surface area (Å²) in [7, 11) is 1.60. The molecule has 0 saturated carbocycles. The number of hydrogen-bond acceptors (Lipinski definition) is 5. The monoisotopic (exact) mass is 410 g/mol. The molecule has 2 atom stereocenters. The topological polar surface area (TPSA) is 49.9 Å². The van der Waals surface area contributed by atoms with Gasteiger partial charge in [-0.1, -0.05) is 38.1 Å². The van der Waals surface area contributed by atoms with Crippen LogP contribution in [0.2, 0.25) is 0 Å². The lowest BCUT2D eigenvalue weighted by Gasteiger charge is -2.37. The number of imide groups is 1. The Labute approximate surface area is 175 Å². The zero-order chi connectivity index (χ0) is 20.5. The summed E-state index contributed by atoms with van der Waals surface area (Å²) in [5, 5.41) is 1.95. The van der Waals surface area contributed by atoms with E-state index in [1.165, 1.54) is 16.2 Å². The first-order valence-electron chi connectivity index (χ1n) is 10.0. The average Bonchev–Trinajstić information content (AvgIpc) is 3.30. The number of ether oxygens (including phenoxy) is 1. The van der Waals surface area contributed by atoms with E-state index in [1.54, 1.807) is 7.11 Å². The van der Waals surface area contributed by atoms with E-state index in [1.807, 2.05) is 41.8 Å². The summed E-state index contributed by atoms with van der Waals surface area (Å²) in [5.74, 6) is 1.23. The minimum absolute atomic E-state index is 0.203. The number of hydrogen-bond donors (Lipinski definition) is 0. The third-order valence-electron chi connectivity index (χ3n) is 5.62. The van der Waals surface area contributed by atoms with E-state index in [9.17, 15) is 9.59 Å². The molecule has 2 amide bonds. The minimum atomic E-state index is -0.218. The van der Waals surface area contributed by atoms with Crippen molar-refractivity contribution in [2.45, 2.75) is 26.8 Å². The van der Waals surface area contributed by atoms with Gasteiger partial charge in [0, 0.05) is 23.5 Å². The predicted octanol–water partition coefficient (Wildman–Crippen LogP) is 4.01. The van der Waals surface area contributed by atoms with Gasteiger partial charge in [-0.05, 0) is 35.8 Å². The maximum atomic E-state index is 13.5. The molecule has 2 aromatic rings. The molecule has 2 aliphatic heterocycles. The van der Waals surface area contributed by atoms with Crippen molar-refractivity contribution in [1.29, 1.82) is 0 Å².